The zero-order valence-electron chi connectivity index (χ0n) is 10.2. The Labute approximate surface area is 104 Å². The van der Waals surface area contributed by atoms with Gasteiger partial charge in [0.05, 0.1) is 0 Å². The van der Waals surface area contributed by atoms with Crippen LogP contribution in [-0.2, 0) is 9.53 Å². The molecule has 0 amide bonds. The Morgan fingerprint density at radius 3 is 2.89 bits per heavy atom. The third-order valence-corrected chi connectivity index (χ3v) is 2.89. The summed E-state index contributed by atoms with van der Waals surface area (Å²) in [7, 11) is 0. The lowest BCUT2D eigenvalue weighted by atomic mass is 10.1. The van der Waals surface area contributed by atoms with Crippen LogP contribution in [0.2, 0.25) is 0 Å². The van der Waals surface area contributed by atoms with E-state index in [2.05, 4.69) is 16.0 Å². The maximum absolute atomic E-state index is 11.5. The molecule has 0 spiro atoms. The third kappa shape index (κ3) is 1.72. The Hall–Kier alpha value is -2.36. The number of carbonyl (C=O) groups is 1. The highest BCUT2D eigenvalue weighted by Crippen LogP contribution is 2.23. The molecule has 1 aromatic heterocycles. The van der Waals surface area contributed by atoms with Crippen LogP contribution in [0, 0.1) is 6.92 Å². The highest BCUT2D eigenvalue weighted by molar-refractivity contribution is 6.07. The first-order chi connectivity index (χ1) is 8.63. The van der Waals surface area contributed by atoms with Gasteiger partial charge in [-0.15, -0.1) is 0 Å². The van der Waals surface area contributed by atoms with Crippen LogP contribution < -0.4 is 0 Å². The molecule has 0 aliphatic carbocycles. The molecule has 2 aromatic rings. The summed E-state index contributed by atoms with van der Waals surface area (Å²) in [6, 6.07) is 6.14. The van der Waals surface area contributed by atoms with Crippen LogP contribution in [0.25, 0.3) is 17.0 Å². The molecule has 18 heavy (non-hydrogen) atoms. The Bertz CT molecular complexity index is 708. The van der Waals surface area contributed by atoms with Crippen LogP contribution in [0.1, 0.15) is 18.1 Å². The van der Waals surface area contributed by atoms with E-state index in [1.165, 1.54) is 5.56 Å². The predicted octanol–water partition coefficient (Wildman–Crippen LogP) is 2.79. The molecule has 0 bridgehead atoms. The Morgan fingerprint density at radius 2 is 2.17 bits per heavy atom. The van der Waals surface area contributed by atoms with Crippen molar-refractivity contribution < 1.29 is 9.53 Å². The van der Waals surface area contributed by atoms with Gasteiger partial charge in [0.25, 0.3) is 0 Å². The van der Waals surface area contributed by atoms with E-state index in [0.717, 1.165) is 16.5 Å². The normalized spacial score (nSPS) is 17.3. The average molecular weight is 240 g/mol. The Kier molecular flexibility index (Phi) is 2.30. The minimum absolute atomic E-state index is 0.342. The number of hydrogen-bond donors (Lipinski definition) is 1. The second kappa shape index (κ2) is 3.84. The SMILES string of the molecule is CC1=N/C(=C\c2c[nH]c3cc(C)ccc23)C(=O)O1. The number of hydrogen-bond acceptors (Lipinski definition) is 3. The van der Waals surface area contributed by atoms with Gasteiger partial charge in [-0.2, -0.15) is 0 Å². The minimum Gasteiger partial charge on any atom is -0.407 e. The number of cyclic esters (lactones) is 1. The molecule has 0 fully saturated rings. The van der Waals surface area contributed by atoms with E-state index in [0.29, 0.717) is 11.6 Å². The minimum atomic E-state index is -0.394. The molecule has 90 valence electrons. The number of nitrogens with zero attached hydrogens (tertiary/aromatic N) is 1. The van der Waals surface area contributed by atoms with Gasteiger partial charge < -0.3 is 9.72 Å². The van der Waals surface area contributed by atoms with E-state index in [9.17, 15) is 4.79 Å². The molecule has 3 rings (SSSR count). The molecule has 2 heterocycles. The number of nitrogens with one attached hydrogen (secondary N) is 1. The largest absolute Gasteiger partial charge is 0.407 e. The monoisotopic (exact) mass is 240 g/mol. The van der Waals surface area contributed by atoms with Gasteiger partial charge in [-0.25, -0.2) is 9.79 Å². The van der Waals surface area contributed by atoms with Crippen LogP contribution in [0.4, 0.5) is 0 Å². The first-order valence-corrected chi connectivity index (χ1v) is 5.70. The molecule has 4 nitrogen and oxygen atoms in total. The van der Waals surface area contributed by atoms with Crippen molar-refractivity contribution in [1.29, 1.82) is 0 Å². The van der Waals surface area contributed by atoms with Crippen molar-refractivity contribution in [2.45, 2.75) is 13.8 Å². The number of rotatable bonds is 1. The number of H-pyrrole nitrogens is 1. The molecule has 1 N–H and O–H groups in total. The van der Waals surface area contributed by atoms with Crippen molar-refractivity contribution in [3.63, 3.8) is 0 Å². The highest BCUT2D eigenvalue weighted by atomic mass is 16.6. The quantitative estimate of drug-likeness (QED) is 0.615. The second-order valence-corrected chi connectivity index (χ2v) is 4.34. The number of esters is 1. The van der Waals surface area contributed by atoms with E-state index in [-0.39, 0.29) is 0 Å². The van der Waals surface area contributed by atoms with Gasteiger partial charge in [0.2, 0.25) is 0 Å². The topological polar surface area (TPSA) is 54.5 Å². The summed E-state index contributed by atoms with van der Waals surface area (Å²) >= 11 is 0. The average Bonchev–Trinajstić information content (AvgIpc) is 2.84. The fourth-order valence-electron chi connectivity index (χ4n) is 2.04. The van der Waals surface area contributed by atoms with Crippen molar-refractivity contribution in [3.8, 4) is 0 Å². The van der Waals surface area contributed by atoms with Gasteiger partial charge in [0.15, 0.2) is 11.6 Å². The van der Waals surface area contributed by atoms with Crippen molar-refractivity contribution in [2.24, 2.45) is 4.99 Å². The number of aromatic nitrogens is 1. The lowest BCUT2D eigenvalue weighted by Crippen LogP contribution is -1.99. The van der Waals surface area contributed by atoms with E-state index in [4.69, 9.17) is 4.74 Å². The first kappa shape index (κ1) is 10.8. The maximum Gasteiger partial charge on any atom is 0.363 e. The molecule has 0 saturated heterocycles. The zero-order valence-corrected chi connectivity index (χ0v) is 10.2. The van der Waals surface area contributed by atoms with Crippen LogP contribution in [0.15, 0.2) is 35.1 Å². The lowest BCUT2D eigenvalue weighted by molar-refractivity contribution is -0.130. The van der Waals surface area contributed by atoms with E-state index in [1.807, 2.05) is 25.3 Å². The summed E-state index contributed by atoms with van der Waals surface area (Å²) in [6.45, 7) is 3.71. The number of benzene rings is 1. The van der Waals surface area contributed by atoms with Gasteiger partial charge in [0.1, 0.15) is 0 Å². The first-order valence-electron chi connectivity index (χ1n) is 5.70. The lowest BCUT2D eigenvalue weighted by Gasteiger charge is -1.94. The molecule has 4 heteroatoms. The van der Waals surface area contributed by atoms with Gasteiger partial charge >= 0.3 is 5.97 Å². The van der Waals surface area contributed by atoms with Crippen LogP contribution in [0.5, 0.6) is 0 Å². The molecular formula is C14H12N2O2. The number of aliphatic imine (C=N–C) groups is 1. The fourth-order valence-corrected chi connectivity index (χ4v) is 2.04. The van der Waals surface area contributed by atoms with Crippen LogP contribution >= 0.6 is 0 Å². The summed E-state index contributed by atoms with van der Waals surface area (Å²) in [5.74, 6) is -0.00380. The van der Waals surface area contributed by atoms with E-state index >= 15 is 0 Å². The fraction of sp³-hybridized carbons (Fsp3) is 0.143. The summed E-state index contributed by atoms with van der Waals surface area (Å²) < 4.78 is 4.89. The number of carbonyl (C=O) groups excluding carboxylic acids is 1. The smallest absolute Gasteiger partial charge is 0.363 e. The molecule has 0 radical (unpaired) electrons. The number of ether oxygens (including phenoxy) is 1. The van der Waals surface area contributed by atoms with Crippen molar-refractivity contribution in [1.82, 2.24) is 4.98 Å². The van der Waals surface area contributed by atoms with E-state index in [1.54, 1.807) is 13.0 Å². The number of fused-ring (bicyclic) bond motifs is 1. The number of aromatic amines is 1. The van der Waals surface area contributed by atoms with Crippen molar-refractivity contribution >= 4 is 28.8 Å². The summed E-state index contributed by atoms with van der Waals surface area (Å²) in [4.78, 5) is 18.7. The molecule has 1 aliphatic rings. The molecular weight excluding hydrogens is 228 g/mol. The Morgan fingerprint density at radius 1 is 1.33 bits per heavy atom. The van der Waals surface area contributed by atoms with Gasteiger partial charge in [-0.3, -0.25) is 0 Å². The van der Waals surface area contributed by atoms with Crippen molar-refractivity contribution in [3.05, 3.63) is 41.2 Å². The highest BCUT2D eigenvalue weighted by Gasteiger charge is 2.20. The predicted molar refractivity (Wildman–Crippen MR) is 70.2 cm³/mol. The van der Waals surface area contributed by atoms with Gasteiger partial charge in [-0.05, 0) is 24.6 Å². The molecule has 1 aliphatic heterocycles. The standard InChI is InChI=1S/C14H12N2O2/c1-8-3-4-11-10(7-15-12(11)5-8)6-13-14(17)18-9(2)16-13/h3-7,15H,1-2H3/b13-6-. The molecule has 0 atom stereocenters. The van der Waals surface area contributed by atoms with Gasteiger partial charge in [-0.1, -0.05) is 12.1 Å². The second-order valence-electron chi connectivity index (χ2n) is 4.34. The zero-order chi connectivity index (χ0) is 12.7. The van der Waals surface area contributed by atoms with Gasteiger partial charge in [0, 0.05) is 29.6 Å². The third-order valence-electron chi connectivity index (χ3n) is 2.89. The Balaban J connectivity index is 2.11. The van der Waals surface area contributed by atoms with Crippen LogP contribution in [-0.4, -0.2) is 16.9 Å². The molecule has 1 aromatic carbocycles. The van der Waals surface area contributed by atoms with Crippen molar-refractivity contribution in [2.75, 3.05) is 0 Å². The molecule has 0 saturated carbocycles. The summed E-state index contributed by atoms with van der Waals surface area (Å²) in [5, 5.41) is 1.07. The van der Waals surface area contributed by atoms with Crippen LogP contribution in [0.3, 0.4) is 0 Å². The van der Waals surface area contributed by atoms with E-state index < -0.39 is 5.97 Å². The summed E-state index contributed by atoms with van der Waals surface area (Å²) in [6.07, 6.45) is 3.61. The maximum atomic E-state index is 11.5. The number of aryl methyl sites for hydroxylation is 1. The molecule has 0 unspecified atom stereocenters. The summed E-state index contributed by atoms with van der Waals surface area (Å²) in [5.41, 5.74) is 3.52.